The zero-order valence-electron chi connectivity index (χ0n) is 19.2. The molecular formula is C29H27N3S. The summed E-state index contributed by atoms with van der Waals surface area (Å²) < 4.78 is 2.07. The van der Waals surface area contributed by atoms with Crippen molar-refractivity contribution < 1.29 is 0 Å². The molecule has 0 aliphatic heterocycles. The molecule has 0 spiro atoms. The molecule has 3 aromatic carbocycles. The van der Waals surface area contributed by atoms with Gasteiger partial charge in [0.25, 0.3) is 0 Å². The van der Waals surface area contributed by atoms with E-state index < -0.39 is 0 Å². The quantitative estimate of drug-likeness (QED) is 0.203. The molecule has 0 fully saturated rings. The minimum absolute atomic E-state index is 0.839. The number of hydrogen-bond donors (Lipinski definition) is 0. The van der Waals surface area contributed by atoms with Crippen molar-refractivity contribution in [3.05, 3.63) is 119 Å². The molecule has 2 aromatic heterocycles. The highest BCUT2D eigenvalue weighted by Crippen LogP contribution is 2.35. The summed E-state index contributed by atoms with van der Waals surface area (Å²) in [6.45, 7) is 6.34. The van der Waals surface area contributed by atoms with E-state index in [9.17, 15) is 0 Å². The first-order valence-corrected chi connectivity index (χ1v) is 12.2. The Kier molecular flexibility index (Phi) is 6.01. The summed E-state index contributed by atoms with van der Waals surface area (Å²) in [6.07, 6.45) is 0.839. The second-order valence-electron chi connectivity index (χ2n) is 8.48. The predicted octanol–water partition coefficient (Wildman–Crippen LogP) is 7.20. The first-order valence-electron chi connectivity index (χ1n) is 11.3. The molecule has 0 amide bonds. The Morgan fingerprint density at radius 2 is 1.39 bits per heavy atom. The molecule has 0 radical (unpaired) electrons. The van der Waals surface area contributed by atoms with E-state index in [1.807, 2.05) is 17.8 Å². The van der Waals surface area contributed by atoms with Crippen LogP contribution in [0.25, 0.3) is 16.8 Å². The van der Waals surface area contributed by atoms with E-state index in [-0.39, 0.29) is 0 Å². The van der Waals surface area contributed by atoms with E-state index in [0.717, 1.165) is 40.3 Å². The summed E-state index contributed by atoms with van der Waals surface area (Å²) in [5.74, 6) is 0.889. The fourth-order valence-corrected chi connectivity index (χ4v) is 5.34. The molecule has 5 aromatic rings. The first-order chi connectivity index (χ1) is 16.1. The lowest BCUT2D eigenvalue weighted by molar-refractivity contribution is 0.792. The lowest BCUT2D eigenvalue weighted by Crippen LogP contribution is -2.06. The average molecular weight is 450 g/mol. The number of aryl methyl sites for hydroxylation is 3. The van der Waals surface area contributed by atoms with Crippen molar-refractivity contribution in [3.8, 4) is 11.1 Å². The highest BCUT2D eigenvalue weighted by Gasteiger charge is 2.20. The third-order valence-electron chi connectivity index (χ3n) is 5.98. The fourth-order valence-electron chi connectivity index (χ4n) is 4.20. The second-order valence-corrected chi connectivity index (χ2v) is 9.44. The van der Waals surface area contributed by atoms with Gasteiger partial charge >= 0.3 is 0 Å². The molecule has 0 saturated carbocycles. The van der Waals surface area contributed by atoms with Crippen LogP contribution < -0.4 is 0 Å². The van der Waals surface area contributed by atoms with E-state index >= 15 is 0 Å². The SMILES string of the molecule is Cc1ccc(CSc2c(Cc3ccccc3)c(C)nc3c(-c4ccccc4)c(C)nn23)cc1. The van der Waals surface area contributed by atoms with Gasteiger partial charge in [-0.3, -0.25) is 0 Å². The summed E-state index contributed by atoms with van der Waals surface area (Å²) in [7, 11) is 0. The van der Waals surface area contributed by atoms with E-state index in [0.29, 0.717) is 0 Å². The van der Waals surface area contributed by atoms with Crippen molar-refractivity contribution in [2.45, 2.75) is 38.0 Å². The van der Waals surface area contributed by atoms with Crippen molar-refractivity contribution in [1.29, 1.82) is 0 Å². The molecule has 33 heavy (non-hydrogen) atoms. The van der Waals surface area contributed by atoms with Crippen LogP contribution in [-0.4, -0.2) is 14.6 Å². The fraction of sp³-hybridized carbons (Fsp3) is 0.172. The van der Waals surface area contributed by atoms with Gasteiger partial charge in [-0.25, -0.2) is 9.50 Å². The zero-order chi connectivity index (χ0) is 22.8. The van der Waals surface area contributed by atoms with Gasteiger partial charge in [-0.2, -0.15) is 5.10 Å². The molecule has 0 atom stereocenters. The van der Waals surface area contributed by atoms with Crippen LogP contribution in [0.4, 0.5) is 0 Å². The summed E-state index contributed by atoms with van der Waals surface area (Å²) in [4.78, 5) is 5.08. The van der Waals surface area contributed by atoms with Crippen LogP contribution in [-0.2, 0) is 12.2 Å². The number of rotatable bonds is 6. The maximum absolute atomic E-state index is 5.08. The summed E-state index contributed by atoms with van der Waals surface area (Å²) in [6, 6.07) is 29.9. The van der Waals surface area contributed by atoms with Crippen LogP contribution >= 0.6 is 11.8 Å². The summed E-state index contributed by atoms with van der Waals surface area (Å²) in [5.41, 5.74) is 10.4. The lowest BCUT2D eigenvalue weighted by Gasteiger charge is -2.15. The monoisotopic (exact) mass is 449 g/mol. The number of thioether (sulfide) groups is 1. The maximum atomic E-state index is 5.08. The van der Waals surface area contributed by atoms with Gasteiger partial charge < -0.3 is 0 Å². The van der Waals surface area contributed by atoms with Crippen molar-refractivity contribution >= 4 is 17.4 Å². The van der Waals surface area contributed by atoms with Gasteiger partial charge in [0.05, 0.1) is 5.69 Å². The molecule has 2 heterocycles. The van der Waals surface area contributed by atoms with Crippen molar-refractivity contribution in [1.82, 2.24) is 14.6 Å². The van der Waals surface area contributed by atoms with Crippen LogP contribution in [0, 0.1) is 20.8 Å². The largest absolute Gasteiger partial charge is 0.233 e. The van der Waals surface area contributed by atoms with Gasteiger partial charge in [0, 0.05) is 29.0 Å². The van der Waals surface area contributed by atoms with Crippen molar-refractivity contribution in [2.75, 3.05) is 0 Å². The molecule has 0 N–H and O–H groups in total. The molecule has 0 bridgehead atoms. The van der Waals surface area contributed by atoms with Gasteiger partial charge in [0.15, 0.2) is 5.65 Å². The molecule has 0 saturated heterocycles. The van der Waals surface area contributed by atoms with Crippen molar-refractivity contribution in [3.63, 3.8) is 0 Å². The third-order valence-corrected chi connectivity index (χ3v) is 7.15. The molecule has 0 unspecified atom stereocenters. The molecule has 4 heteroatoms. The second kappa shape index (κ2) is 9.24. The van der Waals surface area contributed by atoms with Gasteiger partial charge in [-0.1, -0.05) is 90.5 Å². The van der Waals surface area contributed by atoms with Gasteiger partial charge in [0.1, 0.15) is 5.03 Å². The minimum atomic E-state index is 0.839. The maximum Gasteiger partial charge on any atom is 0.164 e. The molecular weight excluding hydrogens is 422 g/mol. The smallest absolute Gasteiger partial charge is 0.164 e. The molecule has 0 aliphatic rings. The van der Waals surface area contributed by atoms with Crippen LogP contribution in [0.1, 0.15) is 33.6 Å². The Bertz CT molecular complexity index is 1390. The normalized spacial score (nSPS) is 11.2. The molecule has 0 aliphatic carbocycles. The van der Waals surface area contributed by atoms with E-state index in [2.05, 4.69) is 104 Å². The van der Waals surface area contributed by atoms with Gasteiger partial charge in [-0.15, -0.1) is 11.8 Å². The standard InChI is InChI=1S/C29H27N3S/c1-20-14-16-24(17-15-20)19-33-29-26(18-23-10-6-4-7-11-23)21(2)30-28-27(22(3)31-32(28)29)25-12-8-5-9-13-25/h4-17H,18-19H2,1-3H3. The Labute approximate surface area is 199 Å². The number of benzene rings is 3. The highest BCUT2D eigenvalue weighted by molar-refractivity contribution is 7.98. The van der Waals surface area contributed by atoms with Crippen LogP contribution in [0.2, 0.25) is 0 Å². The topological polar surface area (TPSA) is 30.2 Å². The first kappa shape index (κ1) is 21.5. The summed E-state index contributed by atoms with van der Waals surface area (Å²) in [5, 5.41) is 6.17. The van der Waals surface area contributed by atoms with Gasteiger partial charge in [-0.05, 0) is 37.5 Å². The van der Waals surface area contributed by atoms with Crippen molar-refractivity contribution in [2.24, 2.45) is 0 Å². The number of fused-ring (bicyclic) bond motifs is 1. The van der Waals surface area contributed by atoms with E-state index in [1.165, 1.54) is 27.3 Å². The Hall–Kier alpha value is -3.37. The Morgan fingerprint density at radius 1 is 0.727 bits per heavy atom. The Balaban J connectivity index is 1.65. The average Bonchev–Trinajstić information content (AvgIpc) is 3.16. The highest BCUT2D eigenvalue weighted by atomic mass is 32.2. The Morgan fingerprint density at radius 3 is 2.09 bits per heavy atom. The molecule has 3 nitrogen and oxygen atoms in total. The van der Waals surface area contributed by atoms with Crippen LogP contribution in [0.15, 0.2) is 90.0 Å². The van der Waals surface area contributed by atoms with Gasteiger partial charge in [0.2, 0.25) is 0 Å². The predicted molar refractivity (Wildman–Crippen MR) is 138 cm³/mol. The minimum Gasteiger partial charge on any atom is -0.233 e. The number of nitrogens with zero attached hydrogens (tertiary/aromatic N) is 3. The van der Waals surface area contributed by atoms with E-state index in [1.54, 1.807) is 0 Å². The molecule has 5 rings (SSSR count). The number of aromatic nitrogens is 3. The lowest BCUT2D eigenvalue weighted by atomic mass is 10.0. The number of hydrogen-bond acceptors (Lipinski definition) is 3. The van der Waals surface area contributed by atoms with Crippen LogP contribution in [0.3, 0.4) is 0 Å². The third kappa shape index (κ3) is 4.44. The van der Waals surface area contributed by atoms with Crippen LogP contribution in [0.5, 0.6) is 0 Å². The van der Waals surface area contributed by atoms with E-state index in [4.69, 9.17) is 10.1 Å². The molecule has 164 valence electrons. The zero-order valence-corrected chi connectivity index (χ0v) is 20.1. The summed E-state index contributed by atoms with van der Waals surface area (Å²) >= 11 is 1.85.